The number of fused-ring (bicyclic) bond motifs is 1. The highest BCUT2D eigenvalue weighted by Crippen LogP contribution is 2.58. The first-order valence-corrected chi connectivity index (χ1v) is 8.05. The van der Waals surface area contributed by atoms with Gasteiger partial charge in [-0.3, -0.25) is 9.59 Å². The number of halogens is 1. The summed E-state index contributed by atoms with van der Waals surface area (Å²) in [4.78, 5) is 26.9. The molecular weight excluding hydrogens is 330 g/mol. The SMILES string of the molecule is CN(C)C=C1CC2(CCC1=O)C(=O)c1ccccc1C2Br. The van der Waals surface area contributed by atoms with E-state index in [1.165, 1.54) is 0 Å². The molecule has 0 aliphatic heterocycles. The van der Waals surface area contributed by atoms with E-state index in [1.54, 1.807) is 0 Å². The van der Waals surface area contributed by atoms with Crippen LogP contribution in [-0.4, -0.2) is 30.6 Å². The Morgan fingerprint density at radius 3 is 2.67 bits per heavy atom. The van der Waals surface area contributed by atoms with Crippen LogP contribution in [0.15, 0.2) is 36.0 Å². The number of allylic oxidation sites excluding steroid dienone is 1. The van der Waals surface area contributed by atoms with E-state index in [0.717, 1.165) is 16.7 Å². The Morgan fingerprint density at radius 1 is 1.29 bits per heavy atom. The van der Waals surface area contributed by atoms with Gasteiger partial charge < -0.3 is 4.90 Å². The quantitative estimate of drug-likeness (QED) is 0.576. The highest BCUT2D eigenvalue weighted by Gasteiger charge is 2.54. The van der Waals surface area contributed by atoms with Gasteiger partial charge in [0.2, 0.25) is 0 Å². The van der Waals surface area contributed by atoms with E-state index in [4.69, 9.17) is 0 Å². The first-order valence-electron chi connectivity index (χ1n) is 7.14. The molecule has 1 spiro atoms. The van der Waals surface area contributed by atoms with E-state index < -0.39 is 5.41 Å². The highest BCUT2D eigenvalue weighted by atomic mass is 79.9. The second-order valence-electron chi connectivity index (χ2n) is 6.15. The summed E-state index contributed by atoms with van der Waals surface area (Å²) in [6.07, 6.45) is 3.45. The Bertz CT molecular complexity index is 650. The second-order valence-corrected chi connectivity index (χ2v) is 7.07. The van der Waals surface area contributed by atoms with Crippen molar-refractivity contribution in [2.45, 2.75) is 24.1 Å². The topological polar surface area (TPSA) is 37.4 Å². The van der Waals surface area contributed by atoms with Gasteiger partial charge in [0.25, 0.3) is 0 Å². The van der Waals surface area contributed by atoms with Crippen molar-refractivity contribution in [2.75, 3.05) is 14.1 Å². The van der Waals surface area contributed by atoms with Crippen LogP contribution in [-0.2, 0) is 4.79 Å². The minimum Gasteiger partial charge on any atom is -0.383 e. The summed E-state index contributed by atoms with van der Waals surface area (Å²) in [7, 11) is 3.80. The lowest BCUT2D eigenvalue weighted by molar-refractivity contribution is -0.117. The lowest BCUT2D eigenvalue weighted by Gasteiger charge is -2.36. The molecule has 0 heterocycles. The van der Waals surface area contributed by atoms with Gasteiger partial charge in [0.15, 0.2) is 11.6 Å². The fraction of sp³-hybridized carbons (Fsp3) is 0.412. The molecule has 1 saturated carbocycles. The zero-order chi connectivity index (χ0) is 15.2. The van der Waals surface area contributed by atoms with Gasteiger partial charge in [0.05, 0.1) is 10.2 Å². The monoisotopic (exact) mass is 347 g/mol. The molecule has 3 rings (SSSR count). The molecule has 0 N–H and O–H groups in total. The molecule has 1 fully saturated rings. The molecule has 2 atom stereocenters. The van der Waals surface area contributed by atoms with Crippen LogP contribution >= 0.6 is 15.9 Å². The number of ketones is 2. The molecular formula is C17H18BrNO2. The minimum atomic E-state index is -0.501. The van der Waals surface area contributed by atoms with Crippen LogP contribution in [0.5, 0.6) is 0 Å². The van der Waals surface area contributed by atoms with Crippen LogP contribution in [0.25, 0.3) is 0 Å². The number of rotatable bonds is 1. The number of hydrogen-bond acceptors (Lipinski definition) is 3. The van der Waals surface area contributed by atoms with Crippen molar-refractivity contribution in [3.63, 3.8) is 0 Å². The molecule has 1 aromatic carbocycles. The standard InChI is InChI=1S/C17H18BrNO2/c1-19(2)10-11-9-17(8-7-14(11)20)15(18)12-5-3-4-6-13(12)16(17)21/h3-6,10,15H,7-9H2,1-2H3. The van der Waals surface area contributed by atoms with Crippen molar-refractivity contribution >= 4 is 27.5 Å². The van der Waals surface area contributed by atoms with Crippen LogP contribution in [0, 0.1) is 5.41 Å². The van der Waals surface area contributed by atoms with Crippen LogP contribution in [0.3, 0.4) is 0 Å². The molecule has 2 unspecified atom stereocenters. The van der Waals surface area contributed by atoms with Crippen LogP contribution in [0.1, 0.15) is 40.0 Å². The van der Waals surface area contributed by atoms with E-state index in [2.05, 4.69) is 15.9 Å². The molecule has 2 aliphatic carbocycles. The molecule has 21 heavy (non-hydrogen) atoms. The number of carbonyl (C=O) groups excluding carboxylic acids is 2. The maximum atomic E-state index is 12.9. The third-order valence-corrected chi connectivity index (χ3v) is 5.86. The molecule has 0 saturated heterocycles. The number of carbonyl (C=O) groups is 2. The van der Waals surface area contributed by atoms with Crippen molar-refractivity contribution in [1.29, 1.82) is 0 Å². The fourth-order valence-electron chi connectivity index (χ4n) is 3.47. The number of benzene rings is 1. The Balaban J connectivity index is 2.03. The first kappa shape index (κ1) is 14.5. The number of nitrogens with zero attached hydrogens (tertiary/aromatic N) is 1. The summed E-state index contributed by atoms with van der Waals surface area (Å²) in [6.45, 7) is 0. The largest absolute Gasteiger partial charge is 0.383 e. The molecule has 2 aliphatic rings. The fourth-order valence-corrected chi connectivity index (χ4v) is 4.47. The summed E-state index contributed by atoms with van der Waals surface area (Å²) in [5.74, 6) is 0.343. The van der Waals surface area contributed by atoms with Gasteiger partial charge in [0.1, 0.15) is 0 Å². The van der Waals surface area contributed by atoms with Gasteiger partial charge in [-0.25, -0.2) is 0 Å². The van der Waals surface area contributed by atoms with Crippen molar-refractivity contribution in [2.24, 2.45) is 5.41 Å². The van der Waals surface area contributed by atoms with E-state index in [9.17, 15) is 9.59 Å². The van der Waals surface area contributed by atoms with Gasteiger partial charge in [-0.1, -0.05) is 40.2 Å². The van der Waals surface area contributed by atoms with Crippen molar-refractivity contribution < 1.29 is 9.59 Å². The third kappa shape index (κ3) is 2.16. The van der Waals surface area contributed by atoms with Gasteiger partial charge in [-0.15, -0.1) is 0 Å². The zero-order valence-electron chi connectivity index (χ0n) is 12.2. The lowest BCUT2D eigenvalue weighted by atomic mass is 9.69. The molecule has 0 bridgehead atoms. The van der Waals surface area contributed by atoms with Gasteiger partial charge in [-0.05, 0) is 18.4 Å². The molecule has 4 heteroatoms. The predicted octanol–water partition coefficient (Wildman–Crippen LogP) is 3.50. The Kier molecular flexibility index (Phi) is 3.52. The van der Waals surface area contributed by atoms with E-state index in [-0.39, 0.29) is 16.4 Å². The average Bonchev–Trinajstić information content (AvgIpc) is 2.66. The zero-order valence-corrected chi connectivity index (χ0v) is 13.8. The number of hydrogen-bond donors (Lipinski definition) is 0. The van der Waals surface area contributed by atoms with Crippen molar-refractivity contribution in [3.05, 3.63) is 47.2 Å². The first-order chi connectivity index (χ1) is 9.95. The van der Waals surface area contributed by atoms with Crippen LogP contribution < -0.4 is 0 Å². The summed E-state index contributed by atoms with van der Waals surface area (Å²) < 4.78 is 0. The maximum Gasteiger partial charge on any atom is 0.171 e. The summed E-state index contributed by atoms with van der Waals surface area (Å²) in [5, 5.41) is 0. The van der Waals surface area contributed by atoms with Crippen molar-refractivity contribution in [1.82, 2.24) is 4.90 Å². The lowest BCUT2D eigenvalue weighted by Crippen LogP contribution is -2.36. The second kappa shape index (κ2) is 5.09. The van der Waals surface area contributed by atoms with Crippen LogP contribution in [0.2, 0.25) is 0 Å². The molecule has 110 valence electrons. The maximum absolute atomic E-state index is 12.9. The minimum absolute atomic E-state index is 0.00707. The predicted molar refractivity (Wildman–Crippen MR) is 85.5 cm³/mol. The third-order valence-electron chi connectivity index (χ3n) is 4.49. The molecule has 0 amide bonds. The molecule has 3 nitrogen and oxygen atoms in total. The number of Topliss-reactive ketones (excluding diaryl/α,β-unsaturated/α-hetero) is 2. The molecule has 1 aromatic rings. The Hall–Kier alpha value is -1.42. The molecule has 0 radical (unpaired) electrons. The normalized spacial score (nSPS) is 30.0. The average molecular weight is 348 g/mol. The smallest absolute Gasteiger partial charge is 0.171 e. The Labute approximate surface area is 133 Å². The van der Waals surface area contributed by atoms with Crippen LogP contribution in [0.4, 0.5) is 0 Å². The van der Waals surface area contributed by atoms with E-state index >= 15 is 0 Å². The Morgan fingerprint density at radius 2 is 2.00 bits per heavy atom. The summed E-state index contributed by atoms with van der Waals surface area (Å²) in [6, 6.07) is 7.77. The molecule has 0 aromatic heterocycles. The van der Waals surface area contributed by atoms with Gasteiger partial charge in [0, 0.05) is 37.9 Å². The van der Waals surface area contributed by atoms with Crippen molar-refractivity contribution in [3.8, 4) is 0 Å². The summed E-state index contributed by atoms with van der Waals surface area (Å²) >= 11 is 3.74. The van der Waals surface area contributed by atoms with Gasteiger partial charge in [-0.2, -0.15) is 0 Å². The summed E-state index contributed by atoms with van der Waals surface area (Å²) in [5.41, 5.74) is 2.12. The van der Waals surface area contributed by atoms with E-state index in [0.29, 0.717) is 19.3 Å². The van der Waals surface area contributed by atoms with E-state index in [1.807, 2.05) is 49.5 Å². The number of alkyl halides is 1. The highest BCUT2D eigenvalue weighted by molar-refractivity contribution is 9.09. The van der Waals surface area contributed by atoms with Gasteiger partial charge >= 0.3 is 0 Å².